The van der Waals surface area contributed by atoms with E-state index in [1.807, 2.05) is 59.8 Å². The van der Waals surface area contributed by atoms with Crippen molar-refractivity contribution in [2.24, 2.45) is 5.92 Å². The summed E-state index contributed by atoms with van der Waals surface area (Å²) in [5.41, 5.74) is 4.56. The van der Waals surface area contributed by atoms with Crippen LogP contribution in [0.25, 0.3) is 0 Å². The zero-order chi connectivity index (χ0) is 17.4. The van der Waals surface area contributed by atoms with Crippen molar-refractivity contribution in [3.63, 3.8) is 0 Å². The van der Waals surface area contributed by atoms with E-state index in [1.165, 1.54) is 4.90 Å². The van der Waals surface area contributed by atoms with Gasteiger partial charge in [0.25, 0.3) is 0 Å². The van der Waals surface area contributed by atoms with Gasteiger partial charge in [0.15, 0.2) is 0 Å². The molecular weight excluding hydrogens is 334 g/mol. The summed E-state index contributed by atoms with van der Waals surface area (Å²) >= 11 is 1.62. The summed E-state index contributed by atoms with van der Waals surface area (Å²) in [6.45, 7) is 3.09. The first-order valence-corrected chi connectivity index (χ1v) is 9.54. The minimum Gasteiger partial charge on any atom is -0.281 e. The third kappa shape index (κ3) is 2.80. The van der Waals surface area contributed by atoms with E-state index in [2.05, 4.69) is 5.43 Å². The van der Waals surface area contributed by atoms with Crippen molar-refractivity contribution in [2.45, 2.75) is 32.0 Å². The Morgan fingerprint density at radius 3 is 2.56 bits per heavy atom. The molecule has 1 N–H and O–H groups in total. The van der Waals surface area contributed by atoms with E-state index in [9.17, 15) is 9.59 Å². The third-order valence-electron chi connectivity index (χ3n) is 4.90. The number of hydrogen-bond donors (Lipinski definition) is 1. The van der Waals surface area contributed by atoms with Gasteiger partial charge in [-0.15, -0.1) is 11.3 Å². The smallest absolute Gasteiger partial charge is 0.248 e. The Morgan fingerprint density at radius 2 is 1.88 bits per heavy atom. The van der Waals surface area contributed by atoms with E-state index >= 15 is 0 Å². The molecule has 4 rings (SSSR count). The Balaban J connectivity index is 1.67. The Bertz CT molecular complexity index is 762. The van der Waals surface area contributed by atoms with E-state index in [0.29, 0.717) is 13.1 Å². The number of thiophene rings is 1. The lowest BCUT2D eigenvalue weighted by atomic mass is 9.95. The average Bonchev–Trinajstić information content (AvgIpc) is 3.31. The maximum absolute atomic E-state index is 12.9. The van der Waals surface area contributed by atoms with Crippen LogP contribution < -0.4 is 5.43 Å². The molecular formula is C19H21N3O2S. The molecule has 1 aromatic heterocycles. The maximum Gasteiger partial charge on any atom is 0.248 e. The molecule has 2 fully saturated rings. The topological polar surface area (TPSA) is 52.7 Å². The summed E-state index contributed by atoms with van der Waals surface area (Å²) in [5, 5.41) is 3.97. The number of amides is 2. The number of imide groups is 1. The van der Waals surface area contributed by atoms with Gasteiger partial charge >= 0.3 is 0 Å². The molecule has 2 aromatic rings. The van der Waals surface area contributed by atoms with Crippen molar-refractivity contribution >= 4 is 23.2 Å². The van der Waals surface area contributed by atoms with E-state index in [0.717, 1.165) is 16.9 Å². The van der Waals surface area contributed by atoms with E-state index < -0.39 is 6.04 Å². The number of carbonyl (C=O) groups is 2. The summed E-state index contributed by atoms with van der Waals surface area (Å²) in [4.78, 5) is 28.4. The number of hydrogen-bond acceptors (Lipinski definition) is 5. The van der Waals surface area contributed by atoms with E-state index in [-0.39, 0.29) is 23.8 Å². The third-order valence-corrected chi connectivity index (χ3v) is 5.86. The highest BCUT2D eigenvalue weighted by atomic mass is 32.1. The molecule has 2 aliphatic heterocycles. The highest BCUT2D eigenvalue weighted by Gasteiger charge is 2.58. The van der Waals surface area contributed by atoms with Crippen LogP contribution in [-0.4, -0.2) is 34.3 Å². The van der Waals surface area contributed by atoms with Crippen LogP contribution in [0.1, 0.15) is 29.8 Å². The lowest BCUT2D eigenvalue weighted by Crippen LogP contribution is -2.45. The highest BCUT2D eigenvalue weighted by Crippen LogP contribution is 2.41. The lowest BCUT2D eigenvalue weighted by molar-refractivity contribution is -0.141. The molecule has 0 radical (unpaired) electrons. The van der Waals surface area contributed by atoms with Crippen molar-refractivity contribution in [3.05, 3.63) is 58.3 Å². The first kappa shape index (κ1) is 16.4. The standard InChI is InChI=1S/C19H21N3O2S/c1-2-10-21-18(23)15-16(14-9-6-11-25-14)20-22(17(15)19(21)24)12-13-7-4-3-5-8-13/h3-9,11,15-17,20H,2,10,12H2,1H3/t15-,16+,17-/m1/s1. The Hall–Kier alpha value is -2.02. The molecule has 0 bridgehead atoms. The van der Waals surface area contributed by atoms with Gasteiger partial charge in [0, 0.05) is 18.0 Å². The van der Waals surface area contributed by atoms with Gasteiger partial charge in [0.05, 0.1) is 12.0 Å². The summed E-state index contributed by atoms with van der Waals surface area (Å²) in [6.07, 6.45) is 0.784. The number of nitrogens with zero attached hydrogens (tertiary/aromatic N) is 2. The number of nitrogens with one attached hydrogen (secondary N) is 1. The Morgan fingerprint density at radius 1 is 1.08 bits per heavy atom. The molecule has 0 unspecified atom stereocenters. The monoisotopic (exact) mass is 355 g/mol. The fourth-order valence-electron chi connectivity index (χ4n) is 3.81. The van der Waals surface area contributed by atoms with E-state index in [1.54, 1.807) is 11.3 Å². The summed E-state index contributed by atoms with van der Waals surface area (Å²) in [6, 6.07) is 13.5. The molecule has 3 heterocycles. The van der Waals surface area contributed by atoms with Crippen LogP contribution in [0.3, 0.4) is 0 Å². The van der Waals surface area contributed by atoms with Crippen LogP contribution in [-0.2, 0) is 16.1 Å². The first-order valence-electron chi connectivity index (χ1n) is 8.66. The maximum atomic E-state index is 12.9. The van der Waals surface area contributed by atoms with Crippen LogP contribution in [0.2, 0.25) is 0 Å². The van der Waals surface area contributed by atoms with Gasteiger partial charge in [-0.2, -0.15) is 0 Å². The molecule has 0 saturated carbocycles. The molecule has 0 spiro atoms. The number of carbonyl (C=O) groups excluding carboxylic acids is 2. The van der Waals surface area contributed by atoms with Gasteiger partial charge < -0.3 is 0 Å². The molecule has 6 heteroatoms. The minimum atomic E-state index is -0.425. The molecule has 2 aliphatic rings. The van der Waals surface area contributed by atoms with Crippen LogP contribution in [0.4, 0.5) is 0 Å². The second kappa shape index (κ2) is 6.71. The lowest BCUT2D eigenvalue weighted by Gasteiger charge is -2.24. The van der Waals surface area contributed by atoms with Crippen molar-refractivity contribution in [3.8, 4) is 0 Å². The predicted molar refractivity (Wildman–Crippen MR) is 96.5 cm³/mol. The van der Waals surface area contributed by atoms with Crippen molar-refractivity contribution in [2.75, 3.05) is 6.54 Å². The fourth-order valence-corrected chi connectivity index (χ4v) is 4.62. The normalized spacial score (nSPS) is 26.4. The second-order valence-electron chi connectivity index (χ2n) is 6.53. The Labute approximate surface area is 151 Å². The molecule has 1 aromatic carbocycles. The van der Waals surface area contributed by atoms with Crippen molar-refractivity contribution in [1.29, 1.82) is 0 Å². The van der Waals surface area contributed by atoms with Gasteiger partial charge in [0.2, 0.25) is 11.8 Å². The number of rotatable bonds is 5. The van der Waals surface area contributed by atoms with Crippen LogP contribution >= 0.6 is 11.3 Å². The van der Waals surface area contributed by atoms with E-state index in [4.69, 9.17) is 0 Å². The zero-order valence-electron chi connectivity index (χ0n) is 14.1. The molecule has 130 valence electrons. The number of likely N-dealkylation sites (tertiary alicyclic amines) is 1. The molecule has 25 heavy (non-hydrogen) atoms. The minimum absolute atomic E-state index is 0.0432. The second-order valence-corrected chi connectivity index (χ2v) is 7.51. The summed E-state index contributed by atoms with van der Waals surface area (Å²) in [5.74, 6) is -0.459. The van der Waals surface area contributed by atoms with Crippen LogP contribution in [0.15, 0.2) is 47.8 Å². The first-order chi connectivity index (χ1) is 12.2. The molecule has 0 aliphatic carbocycles. The van der Waals surface area contributed by atoms with Gasteiger partial charge in [-0.1, -0.05) is 43.3 Å². The molecule has 3 atom stereocenters. The molecule has 2 saturated heterocycles. The van der Waals surface area contributed by atoms with Crippen molar-refractivity contribution < 1.29 is 9.59 Å². The molecule has 2 amide bonds. The van der Waals surface area contributed by atoms with Crippen molar-refractivity contribution in [1.82, 2.24) is 15.3 Å². The molecule has 5 nitrogen and oxygen atoms in total. The highest BCUT2D eigenvalue weighted by molar-refractivity contribution is 7.10. The average molecular weight is 355 g/mol. The fraction of sp³-hybridized carbons (Fsp3) is 0.368. The SMILES string of the molecule is CCCN1C(=O)[C@@H]2[C@H](c3cccs3)NN(Cc3ccccc3)[C@H]2C1=O. The number of benzene rings is 1. The van der Waals surface area contributed by atoms with Gasteiger partial charge in [-0.05, 0) is 23.4 Å². The van der Waals surface area contributed by atoms with Crippen LogP contribution in [0, 0.1) is 5.92 Å². The quantitative estimate of drug-likeness (QED) is 0.838. The summed E-state index contributed by atoms with van der Waals surface area (Å²) < 4.78 is 0. The van der Waals surface area contributed by atoms with Gasteiger partial charge in [-0.3, -0.25) is 14.5 Å². The zero-order valence-corrected chi connectivity index (χ0v) is 14.9. The predicted octanol–water partition coefficient (Wildman–Crippen LogP) is 2.57. The Kier molecular flexibility index (Phi) is 4.41. The number of fused-ring (bicyclic) bond motifs is 1. The largest absolute Gasteiger partial charge is 0.281 e. The van der Waals surface area contributed by atoms with Crippen LogP contribution in [0.5, 0.6) is 0 Å². The van der Waals surface area contributed by atoms with Gasteiger partial charge in [0.1, 0.15) is 6.04 Å². The summed E-state index contributed by atoms with van der Waals surface area (Å²) in [7, 11) is 0. The number of hydrazine groups is 1. The van der Waals surface area contributed by atoms with Gasteiger partial charge in [-0.25, -0.2) is 10.4 Å².